The molecule has 1 fully saturated rings. The predicted molar refractivity (Wildman–Crippen MR) is 64.3 cm³/mol. The molecule has 3 N–H and O–H groups in total. The van der Waals surface area contributed by atoms with E-state index in [0.717, 1.165) is 32.2 Å². The van der Waals surface area contributed by atoms with Gasteiger partial charge in [-0.3, -0.25) is 4.79 Å². The van der Waals surface area contributed by atoms with Crippen molar-refractivity contribution in [1.82, 2.24) is 4.90 Å². The van der Waals surface area contributed by atoms with Crippen LogP contribution in [-0.2, 0) is 4.79 Å². The second kappa shape index (κ2) is 5.64. The molecule has 94 valence electrons. The zero-order valence-electron chi connectivity index (χ0n) is 10.4. The first-order chi connectivity index (χ1) is 7.47. The number of carbonyl (C=O) groups is 1. The molecule has 1 rings (SSSR count). The lowest BCUT2D eigenvalue weighted by molar-refractivity contribution is -0.146. The number of nitrogens with zero attached hydrogens (tertiary/aromatic N) is 1. The molecule has 0 bridgehead atoms. The first kappa shape index (κ1) is 13.5. The fraction of sp³-hybridized carbons (Fsp3) is 0.917. The number of hydrogen-bond donors (Lipinski definition) is 2. The molecule has 0 radical (unpaired) electrons. The van der Waals surface area contributed by atoms with E-state index in [1.807, 2.05) is 19.0 Å². The van der Waals surface area contributed by atoms with Crippen LogP contribution in [0, 0.1) is 5.92 Å². The molecular weight excluding hydrogens is 204 g/mol. The Labute approximate surface area is 97.8 Å². The molecule has 4 heteroatoms. The van der Waals surface area contributed by atoms with Crippen LogP contribution in [0.25, 0.3) is 0 Å². The van der Waals surface area contributed by atoms with Crippen molar-refractivity contribution in [3.05, 3.63) is 0 Å². The number of carboxylic acids is 1. The van der Waals surface area contributed by atoms with Crippen molar-refractivity contribution in [2.24, 2.45) is 11.7 Å². The lowest BCUT2D eigenvalue weighted by Crippen LogP contribution is -2.56. The second-order valence-electron chi connectivity index (χ2n) is 5.23. The minimum absolute atomic E-state index is 0.152. The smallest absolute Gasteiger partial charge is 0.324 e. The lowest BCUT2D eigenvalue weighted by atomic mass is 9.73. The van der Waals surface area contributed by atoms with Crippen molar-refractivity contribution in [2.45, 2.75) is 44.1 Å². The van der Waals surface area contributed by atoms with Gasteiger partial charge in [0.2, 0.25) is 0 Å². The zero-order chi connectivity index (χ0) is 12.2. The van der Waals surface area contributed by atoms with Crippen LogP contribution in [0.2, 0.25) is 0 Å². The molecule has 0 spiro atoms. The van der Waals surface area contributed by atoms with Gasteiger partial charge in [0.05, 0.1) is 0 Å². The summed E-state index contributed by atoms with van der Waals surface area (Å²) in [5.74, 6) is -0.681. The van der Waals surface area contributed by atoms with Crippen molar-refractivity contribution in [3.8, 4) is 0 Å². The van der Waals surface area contributed by atoms with Crippen molar-refractivity contribution < 1.29 is 9.90 Å². The molecule has 0 aliphatic heterocycles. The number of aliphatic carboxylic acids is 1. The average molecular weight is 228 g/mol. The highest BCUT2D eigenvalue weighted by atomic mass is 16.4. The Kier molecular flexibility index (Phi) is 4.74. The van der Waals surface area contributed by atoms with E-state index in [4.69, 9.17) is 5.73 Å². The molecule has 0 aromatic carbocycles. The summed E-state index contributed by atoms with van der Waals surface area (Å²) in [6.45, 7) is 0.735. The minimum Gasteiger partial charge on any atom is -0.480 e. The van der Waals surface area contributed by atoms with Gasteiger partial charge in [-0.05, 0) is 45.8 Å². The van der Waals surface area contributed by atoms with Crippen molar-refractivity contribution in [2.75, 3.05) is 20.6 Å². The van der Waals surface area contributed by atoms with Crippen LogP contribution in [0.4, 0.5) is 0 Å². The third-order valence-electron chi connectivity index (χ3n) is 3.70. The number of rotatable bonds is 5. The second-order valence-corrected chi connectivity index (χ2v) is 5.23. The van der Waals surface area contributed by atoms with Gasteiger partial charge < -0.3 is 15.7 Å². The first-order valence-electron chi connectivity index (χ1n) is 6.14. The van der Waals surface area contributed by atoms with E-state index in [1.165, 1.54) is 6.42 Å². The summed E-state index contributed by atoms with van der Waals surface area (Å²) in [5, 5.41) is 9.35. The summed E-state index contributed by atoms with van der Waals surface area (Å²) in [4.78, 5) is 13.4. The average Bonchev–Trinajstić information content (AvgIpc) is 2.26. The Morgan fingerprint density at radius 3 is 2.38 bits per heavy atom. The summed E-state index contributed by atoms with van der Waals surface area (Å²) in [7, 11) is 3.90. The van der Waals surface area contributed by atoms with Crippen LogP contribution >= 0.6 is 0 Å². The van der Waals surface area contributed by atoms with Gasteiger partial charge in [0.1, 0.15) is 5.54 Å². The molecule has 1 atom stereocenters. The van der Waals surface area contributed by atoms with Crippen molar-refractivity contribution in [1.29, 1.82) is 0 Å². The molecule has 1 aliphatic carbocycles. The number of nitrogens with two attached hydrogens (primary N) is 1. The minimum atomic E-state index is -1.02. The van der Waals surface area contributed by atoms with Crippen LogP contribution in [-0.4, -0.2) is 42.2 Å². The third kappa shape index (κ3) is 3.19. The normalized spacial score (nSPS) is 22.0. The van der Waals surface area contributed by atoms with Gasteiger partial charge in [0.25, 0.3) is 0 Å². The van der Waals surface area contributed by atoms with E-state index in [1.54, 1.807) is 0 Å². The molecule has 1 aliphatic rings. The van der Waals surface area contributed by atoms with Crippen LogP contribution in [0.1, 0.15) is 38.5 Å². The van der Waals surface area contributed by atoms with Gasteiger partial charge in [-0.1, -0.05) is 19.3 Å². The van der Waals surface area contributed by atoms with E-state index in [0.29, 0.717) is 6.42 Å². The SMILES string of the molecule is CN(C)CC[C@@](N)(C(=O)O)C1CCCCC1. The Bertz CT molecular complexity index is 237. The number of carboxylic acid groups (broad SMARTS) is 1. The topological polar surface area (TPSA) is 66.6 Å². The molecule has 0 aromatic heterocycles. The van der Waals surface area contributed by atoms with Crippen LogP contribution in [0.3, 0.4) is 0 Å². The molecule has 0 amide bonds. The van der Waals surface area contributed by atoms with Crippen LogP contribution < -0.4 is 5.73 Å². The molecule has 0 aromatic rings. The van der Waals surface area contributed by atoms with Gasteiger partial charge in [-0.2, -0.15) is 0 Å². The standard InChI is InChI=1S/C12H24N2O2/c1-14(2)9-8-12(13,11(15)16)10-6-4-3-5-7-10/h10H,3-9,13H2,1-2H3,(H,15,16)/t12-/m0/s1. The maximum absolute atomic E-state index is 11.4. The Balaban J connectivity index is 2.66. The largest absolute Gasteiger partial charge is 0.480 e. The van der Waals surface area contributed by atoms with E-state index >= 15 is 0 Å². The lowest BCUT2D eigenvalue weighted by Gasteiger charge is -2.36. The highest BCUT2D eigenvalue weighted by Crippen LogP contribution is 2.33. The Morgan fingerprint density at radius 2 is 1.94 bits per heavy atom. The van der Waals surface area contributed by atoms with Gasteiger partial charge >= 0.3 is 5.97 Å². The first-order valence-corrected chi connectivity index (χ1v) is 6.14. The predicted octanol–water partition coefficient (Wildman–Crippen LogP) is 1.30. The van der Waals surface area contributed by atoms with Gasteiger partial charge in [-0.25, -0.2) is 0 Å². The van der Waals surface area contributed by atoms with E-state index in [2.05, 4.69) is 0 Å². The summed E-state index contributed by atoms with van der Waals surface area (Å²) in [6, 6.07) is 0. The number of hydrogen-bond acceptors (Lipinski definition) is 3. The van der Waals surface area contributed by atoms with E-state index in [9.17, 15) is 9.90 Å². The monoisotopic (exact) mass is 228 g/mol. The van der Waals surface area contributed by atoms with Gasteiger partial charge in [0, 0.05) is 0 Å². The quantitative estimate of drug-likeness (QED) is 0.744. The van der Waals surface area contributed by atoms with Crippen molar-refractivity contribution in [3.63, 3.8) is 0 Å². The molecule has 0 heterocycles. The van der Waals surface area contributed by atoms with Crippen LogP contribution in [0.5, 0.6) is 0 Å². The fourth-order valence-electron chi connectivity index (χ4n) is 2.51. The maximum atomic E-state index is 11.4. The van der Waals surface area contributed by atoms with E-state index < -0.39 is 11.5 Å². The molecule has 4 nitrogen and oxygen atoms in total. The van der Waals surface area contributed by atoms with E-state index in [-0.39, 0.29) is 5.92 Å². The summed E-state index contributed by atoms with van der Waals surface area (Å²) in [6.07, 6.45) is 5.95. The summed E-state index contributed by atoms with van der Waals surface area (Å²) >= 11 is 0. The molecule has 0 saturated heterocycles. The zero-order valence-corrected chi connectivity index (χ0v) is 10.4. The fourth-order valence-corrected chi connectivity index (χ4v) is 2.51. The Morgan fingerprint density at radius 1 is 1.38 bits per heavy atom. The molecule has 0 unspecified atom stereocenters. The molecular formula is C12H24N2O2. The summed E-state index contributed by atoms with van der Waals surface area (Å²) in [5.41, 5.74) is 5.11. The van der Waals surface area contributed by atoms with Gasteiger partial charge in [-0.15, -0.1) is 0 Å². The third-order valence-corrected chi connectivity index (χ3v) is 3.70. The maximum Gasteiger partial charge on any atom is 0.324 e. The van der Waals surface area contributed by atoms with Crippen LogP contribution in [0.15, 0.2) is 0 Å². The molecule has 1 saturated carbocycles. The summed E-state index contributed by atoms with van der Waals surface area (Å²) < 4.78 is 0. The van der Waals surface area contributed by atoms with Gasteiger partial charge in [0.15, 0.2) is 0 Å². The Hall–Kier alpha value is -0.610. The highest BCUT2D eigenvalue weighted by molar-refractivity contribution is 5.79. The molecule has 16 heavy (non-hydrogen) atoms. The van der Waals surface area contributed by atoms with Crippen molar-refractivity contribution >= 4 is 5.97 Å². The highest BCUT2D eigenvalue weighted by Gasteiger charge is 2.42.